The van der Waals surface area contributed by atoms with Gasteiger partial charge in [-0.1, -0.05) is 0 Å². The zero-order valence-electron chi connectivity index (χ0n) is 10.7. The number of fused-ring (bicyclic) bond motifs is 1. The first-order chi connectivity index (χ1) is 9.70. The van der Waals surface area contributed by atoms with Gasteiger partial charge in [-0.2, -0.15) is 4.98 Å². The number of rotatable bonds is 2. The molecule has 0 saturated carbocycles. The average molecular weight is 272 g/mol. The van der Waals surface area contributed by atoms with Crippen LogP contribution in [0.3, 0.4) is 0 Å². The molecule has 0 atom stereocenters. The highest BCUT2D eigenvalue weighted by molar-refractivity contribution is 5.93. The van der Waals surface area contributed by atoms with Crippen LogP contribution in [-0.2, 0) is 0 Å². The van der Waals surface area contributed by atoms with Gasteiger partial charge in [-0.3, -0.25) is 0 Å². The Morgan fingerprint density at radius 1 is 1.50 bits per heavy atom. The number of nitrogen functional groups attached to an aromatic ring is 1. The highest BCUT2D eigenvalue weighted by Gasteiger charge is 2.18. The van der Waals surface area contributed by atoms with Crippen molar-refractivity contribution in [1.82, 2.24) is 24.8 Å². The summed E-state index contributed by atoms with van der Waals surface area (Å²) in [5, 5.41) is 2.67. The monoisotopic (exact) mass is 272 g/mol. The molecule has 0 aromatic carbocycles. The number of carbonyl (C=O) groups is 1. The zero-order valence-corrected chi connectivity index (χ0v) is 10.7. The van der Waals surface area contributed by atoms with Crippen molar-refractivity contribution in [2.45, 2.75) is 6.92 Å². The molecule has 20 heavy (non-hydrogen) atoms. The third-order valence-corrected chi connectivity index (χ3v) is 2.71. The lowest BCUT2D eigenvalue weighted by atomic mass is 10.3. The fraction of sp³-hybridized carbons (Fsp3) is 0.167. The van der Waals surface area contributed by atoms with Gasteiger partial charge in [-0.15, -0.1) is 0 Å². The summed E-state index contributed by atoms with van der Waals surface area (Å²) in [4.78, 5) is 24.3. The molecule has 3 N–H and O–H groups in total. The molecular formula is C12H12N6O2. The number of imidazole rings is 1. The predicted octanol–water partition coefficient (Wildman–Crippen LogP) is 1.25. The van der Waals surface area contributed by atoms with E-state index in [2.05, 4.69) is 20.3 Å². The Bertz CT molecular complexity index is 762. The fourth-order valence-corrected chi connectivity index (χ4v) is 1.89. The van der Waals surface area contributed by atoms with Crippen molar-refractivity contribution >= 4 is 23.1 Å². The first-order valence-corrected chi connectivity index (χ1v) is 6.03. The minimum atomic E-state index is -0.321. The number of carbonyl (C=O) groups excluding carboxylic acids is 1. The number of nitrogens with two attached hydrogens (primary N) is 1. The topological polar surface area (TPSA) is 112 Å². The molecule has 102 valence electrons. The number of furan rings is 1. The molecule has 1 amide bonds. The standard InChI is InChI=1S/C12H12N6O2/c1-2-14-12(19)18-6-15-9-8(7-4-3-5-20-7)16-11(13)17-10(9)18/h3-6H,2H2,1H3,(H,14,19)(H2,13,16,17). The molecule has 0 fully saturated rings. The van der Waals surface area contributed by atoms with Crippen molar-refractivity contribution < 1.29 is 9.21 Å². The second kappa shape index (κ2) is 4.65. The Morgan fingerprint density at radius 2 is 2.35 bits per heavy atom. The first-order valence-electron chi connectivity index (χ1n) is 6.03. The van der Waals surface area contributed by atoms with E-state index in [4.69, 9.17) is 10.2 Å². The van der Waals surface area contributed by atoms with Crippen molar-refractivity contribution in [3.63, 3.8) is 0 Å². The van der Waals surface area contributed by atoms with Crippen molar-refractivity contribution in [3.8, 4) is 11.5 Å². The molecular weight excluding hydrogens is 260 g/mol. The minimum Gasteiger partial charge on any atom is -0.463 e. The molecule has 8 heteroatoms. The Labute approximate surface area is 113 Å². The van der Waals surface area contributed by atoms with Crippen LogP contribution >= 0.6 is 0 Å². The summed E-state index contributed by atoms with van der Waals surface area (Å²) in [6, 6.07) is 3.16. The summed E-state index contributed by atoms with van der Waals surface area (Å²) in [5.41, 5.74) is 6.96. The van der Waals surface area contributed by atoms with Gasteiger partial charge in [-0.05, 0) is 19.1 Å². The molecule has 3 rings (SSSR count). The molecule has 8 nitrogen and oxygen atoms in total. The predicted molar refractivity (Wildman–Crippen MR) is 71.9 cm³/mol. The lowest BCUT2D eigenvalue weighted by Crippen LogP contribution is -2.27. The Morgan fingerprint density at radius 3 is 3.05 bits per heavy atom. The van der Waals surface area contributed by atoms with Gasteiger partial charge in [0.05, 0.1) is 6.26 Å². The van der Waals surface area contributed by atoms with E-state index >= 15 is 0 Å². The quantitative estimate of drug-likeness (QED) is 0.726. The number of nitrogens with one attached hydrogen (secondary N) is 1. The summed E-state index contributed by atoms with van der Waals surface area (Å²) in [5.74, 6) is 0.570. The molecule has 0 aliphatic heterocycles. The van der Waals surface area contributed by atoms with Crippen molar-refractivity contribution in [2.75, 3.05) is 12.3 Å². The molecule has 0 unspecified atom stereocenters. The fourth-order valence-electron chi connectivity index (χ4n) is 1.89. The second-order valence-corrected chi connectivity index (χ2v) is 4.03. The number of anilines is 1. The van der Waals surface area contributed by atoms with E-state index in [1.165, 1.54) is 17.2 Å². The maximum Gasteiger partial charge on any atom is 0.328 e. The minimum absolute atomic E-state index is 0.0509. The first kappa shape index (κ1) is 12.2. The summed E-state index contributed by atoms with van der Waals surface area (Å²) in [6.45, 7) is 2.33. The van der Waals surface area contributed by atoms with Crippen molar-refractivity contribution in [3.05, 3.63) is 24.7 Å². The van der Waals surface area contributed by atoms with E-state index in [-0.39, 0.29) is 12.0 Å². The Kier molecular flexibility index (Phi) is 2.82. The lowest BCUT2D eigenvalue weighted by Gasteiger charge is -2.04. The van der Waals surface area contributed by atoms with E-state index in [1.807, 2.05) is 6.92 Å². The van der Waals surface area contributed by atoms with Crippen molar-refractivity contribution in [2.24, 2.45) is 0 Å². The second-order valence-electron chi connectivity index (χ2n) is 4.03. The van der Waals surface area contributed by atoms with Gasteiger partial charge in [0.2, 0.25) is 5.95 Å². The largest absolute Gasteiger partial charge is 0.463 e. The van der Waals surface area contributed by atoms with Crippen LogP contribution in [0.5, 0.6) is 0 Å². The van der Waals surface area contributed by atoms with Crippen LogP contribution in [0.4, 0.5) is 10.7 Å². The van der Waals surface area contributed by atoms with Crippen LogP contribution in [0.25, 0.3) is 22.6 Å². The molecule has 0 bridgehead atoms. The lowest BCUT2D eigenvalue weighted by molar-refractivity contribution is 0.243. The molecule has 0 radical (unpaired) electrons. The Hall–Kier alpha value is -2.90. The van der Waals surface area contributed by atoms with Crippen LogP contribution in [0, 0.1) is 0 Å². The average Bonchev–Trinajstić information content (AvgIpc) is 3.07. The SMILES string of the molecule is CCNC(=O)n1cnc2c(-c3ccco3)nc(N)nc21. The third kappa shape index (κ3) is 1.87. The van der Waals surface area contributed by atoms with Gasteiger partial charge in [0.25, 0.3) is 0 Å². The summed E-state index contributed by atoms with van der Waals surface area (Å²) < 4.78 is 6.60. The highest BCUT2D eigenvalue weighted by atomic mass is 16.3. The molecule has 3 aromatic rings. The summed E-state index contributed by atoms with van der Waals surface area (Å²) >= 11 is 0. The number of hydrogen-bond donors (Lipinski definition) is 2. The normalized spacial score (nSPS) is 10.8. The van der Waals surface area contributed by atoms with Gasteiger partial charge < -0.3 is 15.5 Å². The molecule has 0 aliphatic carbocycles. The van der Waals surface area contributed by atoms with Crippen LogP contribution in [0.1, 0.15) is 6.92 Å². The Balaban J connectivity index is 2.22. The highest BCUT2D eigenvalue weighted by Crippen LogP contribution is 2.25. The molecule has 0 saturated heterocycles. The molecule has 0 spiro atoms. The molecule has 0 aliphatic rings. The summed E-state index contributed by atoms with van der Waals surface area (Å²) in [6.07, 6.45) is 2.91. The van der Waals surface area contributed by atoms with Crippen molar-refractivity contribution in [1.29, 1.82) is 0 Å². The maximum atomic E-state index is 11.9. The zero-order chi connectivity index (χ0) is 14.1. The van der Waals surface area contributed by atoms with Crippen LogP contribution in [0.2, 0.25) is 0 Å². The smallest absolute Gasteiger partial charge is 0.328 e. The van der Waals surface area contributed by atoms with Gasteiger partial charge >= 0.3 is 6.03 Å². The van der Waals surface area contributed by atoms with Crippen LogP contribution < -0.4 is 11.1 Å². The van der Waals surface area contributed by atoms with Gasteiger partial charge in [0, 0.05) is 6.54 Å². The number of nitrogens with zero attached hydrogens (tertiary/aromatic N) is 4. The number of amides is 1. The van der Waals surface area contributed by atoms with E-state index in [0.717, 1.165) is 0 Å². The van der Waals surface area contributed by atoms with E-state index in [0.29, 0.717) is 29.2 Å². The van der Waals surface area contributed by atoms with Gasteiger partial charge in [0.15, 0.2) is 11.4 Å². The number of aromatic nitrogens is 4. The van der Waals surface area contributed by atoms with E-state index in [9.17, 15) is 4.79 Å². The maximum absolute atomic E-state index is 11.9. The number of hydrogen-bond acceptors (Lipinski definition) is 6. The van der Waals surface area contributed by atoms with Crippen LogP contribution in [-0.4, -0.2) is 32.1 Å². The van der Waals surface area contributed by atoms with E-state index < -0.39 is 0 Å². The van der Waals surface area contributed by atoms with Crippen LogP contribution in [0.15, 0.2) is 29.1 Å². The van der Waals surface area contributed by atoms with E-state index in [1.54, 1.807) is 12.1 Å². The molecule has 3 aromatic heterocycles. The van der Waals surface area contributed by atoms with Gasteiger partial charge in [-0.25, -0.2) is 19.3 Å². The molecule has 3 heterocycles. The third-order valence-electron chi connectivity index (χ3n) is 2.71. The summed E-state index contributed by atoms with van der Waals surface area (Å²) in [7, 11) is 0. The van der Waals surface area contributed by atoms with Gasteiger partial charge in [0.1, 0.15) is 17.5 Å².